The average Bonchev–Trinajstić information content (AvgIpc) is 2.29. The number of aromatic nitrogens is 4. The second kappa shape index (κ2) is 7.39. The molecular formula is C11H17ClN6. The van der Waals surface area contributed by atoms with Crippen LogP contribution in [0.25, 0.3) is 0 Å². The van der Waals surface area contributed by atoms with Crippen LogP contribution < -0.4 is 11.5 Å². The molecule has 0 bridgehead atoms. The summed E-state index contributed by atoms with van der Waals surface area (Å²) in [5.41, 5.74) is 12.2. The van der Waals surface area contributed by atoms with E-state index in [0.717, 1.165) is 5.69 Å². The van der Waals surface area contributed by atoms with Gasteiger partial charge in [-0.15, -0.1) is 0 Å². The molecule has 2 rings (SSSR count). The molecule has 98 valence electrons. The van der Waals surface area contributed by atoms with Crippen molar-refractivity contribution in [1.82, 2.24) is 19.9 Å². The second-order valence-electron chi connectivity index (χ2n) is 3.19. The van der Waals surface area contributed by atoms with Gasteiger partial charge in [-0.05, 0) is 13.8 Å². The van der Waals surface area contributed by atoms with Crippen LogP contribution in [0.3, 0.4) is 0 Å². The molecule has 18 heavy (non-hydrogen) atoms. The van der Waals surface area contributed by atoms with Gasteiger partial charge < -0.3 is 11.5 Å². The lowest BCUT2D eigenvalue weighted by molar-refractivity contribution is 1.13. The molecule has 0 atom stereocenters. The molecule has 2 aromatic heterocycles. The van der Waals surface area contributed by atoms with Crippen molar-refractivity contribution in [3.8, 4) is 0 Å². The lowest BCUT2D eigenvalue weighted by Crippen LogP contribution is -1.95. The van der Waals surface area contributed by atoms with Crippen molar-refractivity contribution >= 4 is 23.2 Å². The summed E-state index contributed by atoms with van der Waals surface area (Å²) in [6.07, 6.45) is 4.61. The van der Waals surface area contributed by atoms with Crippen molar-refractivity contribution in [2.24, 2.45) is 0 Å². The SMILES string of the molecule is C.Cc1nc(Cl)cnc1N.Cc1nccnc1N. The van der Waals surface area contributed by atoms with Crippen LogP contribution in [-0.2, 0) is 0 Å². The minimum Gasteiger partial charge on any atom is -0.382 e. The number of aryl methyl sites for hydroxylation is 2. The Morgan fingerprint density at radius 3 is 1.89 bits per heavy atom. The number of halogens is 1. The Kier molecular flexibility index (Phi) is 6.59. The first-order chi connectivity index (χ1) is 8.00. The first-order valence-electron chi connectivity index (χ1n) is 4.78. The summed E-state index contributed by atoms with van der Waals surface area (Å²) in [5.74, 6) is 0.937. The molecule has 0 aliphatic heterocycles. The van der Waals surface area contributed by atoms with Gasteiger partial charge in [-0.1, -0.05) is 19.0 Å². The van der Waals surface area contributed by atoms with Gasteiger partial charge in [0.25, 0.3) is 0 Å². The van der Waals surface area contributed by atoms with E-state index in [1.54, 1.807) is 19.3 Å². The number of nitrogens with two attached hydrogens (primary N) is 2. The summed E-state index contributed by atoms with van der Waals surface area (Å²) in [7, 11) is 0. The van der Waals surface area contributed by atoms with Crippen molar-refractivity contribution in [3.63, 3.8) is 0 Å². The third-order valence-electron chi connectivity index (χ3n) is 1.87. The molecule has 0 radical (unpaired) electrons. The van der Waals surface area contributed by atoms with Gasteiger partial charge in [0.1, 0.15) is 16.8 Å². The highest BCUT2D eigenvalue weighted by molar-refractivity contribution is 6.29. The fraction of sp³-hybridized carbons (Fsp3) is 0.273. The van der Waals surface area contributed by atoms with Crippen LogP contribution in [0.1, 0.15) is 18.8 Å². The van der Waals surface area contributed by atoms with Crippen molar-refractivity contribution in [1.29, 1.82) is 0 Å². The van der Waals surface area contributed by atoms with Crippen molar-refractivity contribution in [2.45, 2.75) is 21.3 Å². The maximum atomic E-state index is 5.49. The Hall–Kier alpha value is -1.95. The molecule has 0 aliphatic rings. The molecule has 0 amide bonds. The molecule has 0 spiro atoms. The highest BCUT2D eigenvalue weighted by atomic mass is 35.5. The van der Waals surface area contributed by atoms with Crippen LogP contribution in [0.2, 0.25) is 5.15 Å². The lowest BCUT2D eigenvalue weighted by atomic mass is 10.5. The van der Waals surface area contributed by atoms with Crippen LogP contribution in [0.15, 0.2) is 18.6 Å². The predicted molar refractivity (Wildman–Crippen MR) is 74.1 cm³/mol. The Labute approximate surface area is 111 Å². The van der Waals surface area contributed by atoms with Crippen LogP contribution >= 0.6 is 11.6 Å². The Bertz CT molecular complexity index is 482. The van der Waals surface area contributed by atoms with Gasteiger partial charge in [-0.25, -0.2) is 15.0 Å². The highest BCUT2D eigenvalue weighted by Crippen LogP contribution is 2.07. The van der Waals surface area contributed by atoms with E-state index in [1.165, 1.54) is 6.20 Å². The van der Waals surface area contributed by atoms with Crippen molar-refractivity contribution in [2.75, 3.05) is 11.5 Å². The van der Waals surface area contributed by atoms with Gasteiger partial charge in [0.05, 0.1) is 17.6 Å². The van der Waals surface area contributed by atoms with Crippen LogP contribution in [0.4, 0.5) is 11.6 Å². The summed E-state index contributed by atoms with van der Waals surface area (Å²) in [4.78, 5) is 15.3. The van der Waals surface area contributed by atoms with Crippen molar-refractivity contribution < 1.29 is 0 Å². The van der Waals surface area contributed by atoms with Gasteiger partial charge in [-0.3, -0.25) is 4.98 Å². The molecular weight excluding hydrogens is 252 g/mol. The zero-order valence-corrected chi connectivity index (χ0v) is 10.3. The number of nitrogen functional groups attached to an aromatic ring is 2. The van der Waals surface area contributed by atoms with Crippen LogP contribution in [0, 0.1) is 13.8 Å². The smallest absolute Gasteiger partial charge is 0.147 e. The summed E-state index contributed by atoms with van der Waals surface area (Å²) in [6, 6.07) is 0. The molecule has 2 heterocycles. The first kappa shape index (κ1) is 16.1. The number of anilines is 2. The number of hydrogen-bond donors (Lipinski definition) is 2. The maximum Gasteiger partial charge on any atom is 0.147 e. The first-order valence-corrected chi connectivity index (χ1v) is 5.16. The summed E-state index contributed by atoms with van der Waals surface area (Å²) in [6.45, 7) is 3.58. The van der Waals surface area contributed by atoms with E-state index in [9.17, 15) is 0 Å². The molecule has 7 heteroatoms. The average molecular weight is 269 g/mol. The number of nitrogens with zero attached hydrogens (tertiary/aromatic N) is 4. The van der Waals surface area contributed by atoms with Gasteiger partial charge in [0.2, 0.25) is 0 Å². The summed E-state index contributed by atoms with van der Waals surface area (Å²) in [5, 5.41) is 0.377. The predicted octanol–water partition coefficient (Wildman–Crippen LogP) is 2.02. The van der Waals surface area contributed by atoms with E-state index in [-0.39, 0.29) is 7.43 Å². The topological polar surface area (TPSA) is 104 Å². The molecule has 0 fully saturated rings. The quantitative estimate of drug-likeness (QED) is 0.758. The zero-order chi connectivity index (χ0) is 12.8. The van der Waals surface area contributed by atoms with E-state index < -0.39 is 0 Å². The van der Waals surface area contributed by atoms with E-state index in [4.69, 9.17) is 23.1 Å². The Morgan fingerprint density at radius 2 is 1.50 bits per heavy atom. The molecule has 0 unspecified atom stereocenters. The summed E-state index contributed by atoms with van der Waals surface area (Å²) >= 11 is 5.49. The van der Waals surface area contributed by atoms with E-state index in [0.29, 0.717) is 22.5 Å². The molecule has 6 nitrogen and oxygen atoms in total. The van der Waals surface area contributed by atoms with E-state index >= 15 is 0 Å². The zero-order valence-electron chi connectivity index (χ0n) is 9.55. The minimum absolute atomic E-state index is 0. The summed E-state index contributed by atoms with van der Waals surface area (Å²) < 4.78 is 0. The monoisotopic (exact) mass is 268 g/mol. The number of hydrogen-bond acceptors (Lipinski definition) is 6. The molecule has 0 saturated heterocycles. The van der Waals surface area contributed by atoms with Crippen molar-refractivity contribution in [3.05, 3.63) is 35.1 Å². The standard InChI is InChI=1S/C5H6ClN3.C5H7N3.CH4/c1-3-5(7)8-2-4(6)9-3;1-4-5(6)8-3-2-7-4;/h2H,1H3,(H2,7,8);2-3H,1H3,(H2,6,8);1H4. The van der Waals surface area contributed by atoms with Gasteiger partial charge in [-0.2, -0.15) is 0 Å². The highest BCUT2D eigenvalue weighted by Gasteiger charge is 1.94. The minimum atomic E-state index is 0. The maximum absolute atomic E-state index is 5.49. The van der Waals surface area contributed by atoms with E-state index in [1.807, 2.05) is 6.92 Å². The fourth-order valence-electron chi connectivity index (χ4n) is 0.881. The Morgan fingerprint density at radius 1 is 0.944 bits per heavy atom. The molecule has 0 saturated carbocycles. The van der Waals surface area contributed by atoms with Crippen LogP contribution in [0.5, 0.6) is 0 Å². The van der Waals surface area contributed by atoms with Crippen LogP contribution in [-0.4, -0.2) is 19.9 Å². The largest absolute Gasteiger partial charge is 0.382 e. The molecule has 4 N–H and O–H groups in total. The molecule has 0 aliphatic carbocycles. The normalized spacial score (nSPS) is 8.83. The van der Waals surface area contributed by atoms with Gasteiger partial charge in [0.15, 0.2) is 0 Å². The molecule has 2 aromatic rings. The number of rotatable bonds is 0. The fourth-order valence-corrected chi connectivity index (χ4v) is 1.06. The van der Waals surface area contributed by atoms with E-state index in [2.05, 4.69) is 19.9 Å². The lowest BCUT2D eigenvalue weighted by Gasteiger charge is -1.94. The Balaban J connectivity index is 0.000000306. The third-order valence-corrected chi connectivity index (χ3v) is 2.06. The van der Waals surface area contributed by atoms with Gasteiger partial charge in [0, 0.05) is 12.4 Å². The molecule has 0 aromatic carbocycles. The third kappa shape index (κ3) is 4.92. The van der Waals surface area contributed by atoms with Gasteiger partial charge >= 0.3 is 0 Å². The second-order valence-corrected chi connectivity index (χ2v) is 3.58.